The van der Waals surface area contributed by atoms with E-state index < -0.39 is 5.95 Å². The summed E-state index contributed by atoms with van der Waals surface area (Å²) in [7, 11) is 0. The molecule has 7 nitrogen and oxygen atoms in total. The van der Waals surface area contributed by atoms with Crippen LogP contribution in [0.1, 0.15) is 25.7 Å². The highest BCUT2D eigenvalue weighted by molar-refractivity contribution is 9.10. The minimum Gasteiger partial charge on any atom is -0.381 e. The first kappa shape index (κ1) is 29.0. The number of pyridine rings is 3. The predicted octanol–water partition coefficient (Wildman–Crippen LogP) is 7.11. The van der Waals surface area contributed by atoms with Crippen LogP contribution in [-0.4, -0.2) is 54.5 Å². The Morgan fingerprint density at radius 2 is 1.37 bits per heavy atom. The molecule has 5 heterocycles. The van der Waals surface area contributed by atoms with Crippen molar-refractivity contribution in [2.24, 2.45) is 11.8 Å². The van der Waals surface area contributed by atoms with E-state index in [1.165, 1.54) is 12.3 Å². The molecule has 38 heavy (non-hydrogen) atoms. The Kier molecular flexibility index (Phi) is 11.4. The van der Waals surface area contributed by atoms with Crippen molar-refractivity contribution in [2.75, 3.05) is 50.2 Å². The van der Waals surface area contributed by atoms with Gasteiger partial charge in [0.25, 0.3) is 0 Å². The molecule has 2 fully saturated rings. The summed E-state index contributed by atoms with van der Waals surface area (Å²) in [5.74, 6) is 2.33. The third-order valence-electron chi connectivity index (χ3n) is 6.47. The average molecular weight is 627 g/mol. The zero-order chi connectivity index (χ0) is 26.7. The first-order valence-electron chi connectivity index (χ1n) is 12.7. The molecule has 0 saturated carbocycles. The van der Waals surface area contributed by atoms with Crippen LogP contribution in [0.25, 0.3) is 11.3 Å². The number of nitrogens with one attached hydrogen (secondary N) is 2. The number of rotatable bonds is 7. The van der Waals surface area contributed by atoms with Crippen molar-refractivity contribution in [3.8, 4) is 11.3 Å². The Bertz CT molecular complexity index is 1180. The lowest BCUT2D eigenvalue weighted by Crippen LogP contribution is -2.22. The number of nitrogens with zero attached hydrogens (tertiary/aromatic N) is 3. The molecule has 0 radical (unpaired) electrons. The number of anilines is 2. The maximum absolute atomic E-state index is 13.3. The van der Waals surface area contributed by atoms with E-state index >= 15 is 0 Å². The van der Waals surface area contributed by atoms with Gasteiger partial charge in [-0.15, -0.1) is 0 Å². The number of hydrogen-bond acceptors (Lipinski definition) is 7. The van der Waals surface area contributed by atoms with Crippen molar-refractivity contribution in [2.45, 2.75) is 25.7 Å². The molecule has 2 aliphatic heterocycles. The minimum absolute atomic E-state index is 0.488. The standard InChI is InChI=1S/C16H17ClFN3O.C11H14BrClN2O/c17-13-1-2-15(20-10-11-4-7-22-8-5-11)21-16(13)12-3-6-19-14(18)9-12;12-11-9(13)1-2-10(15-11)14-7-8-3-5-16-6-4-8/h1-3,6,9,11H,4-5,7-8,10H2,(H,20,21);1-2,8H,3-7H2,(H,14,15). The summed E-state index contributed by atoms with van der Waals surface area (Å²) in [6.07, 6.45) is 5.78. The lowest BCUT2D eigenvalue weighted by atomic mass is 10.0. The van der Waals surface area contributed by atoms with Crippen LogP contribution in [0.15, 0.2) is 47.2 Å². The summed E-state index contributed by atoms with van der Waals surface area (Å²) >= 11 is 15.4. The van der Waals surface area contributed by atoms with Gasteiger partial charge in [0.05, 0.1) is 15.7 Å². The summed E-state index contributed by atoms with van der Waals surface area (Å²) < 4.78 is 24.6. The summed E-state index contributed by atoms with van der Waals surface area (Å²) in [6, 6.07) is 10.4. The van der Waals surface area contributed by atoms with Crippen LogP contribution in [-0.2, 0) is 9.47 Å². The average Bonchev–Trinajstić information content (AvgIpc) is 2.95. The molecule has 3 aromatic heterocycles. The van der Waals surface area contributed by atoms with Gasteiger partial charge in [-0.1, -0.05) is 23.2 Å². The van der Waals surface area contributed by atoms with Crippen molar-refractivity contribution < 1.29 is 13.9 Å². The fourth-order valence-electron chi connectivity index (χ4n) is 4.21. The van der Waals surface area contributed by atoms with E-state index in [2.05, 4.69) is 41.5 Å². The second kappa shape index (κ2) is 14.9. The van der Waals surface area contributed by atoms with Crippen molar-refractivity contribution in [3.63, 3.8) is 0 Å². The lowest BCUT2D eigenvalue weighted by Gasteiger charge is -2.22. The Labute approximate surface area is 241 Å². The molecule has 5 rings (SSSR count). The highest BCUT2D eigenvalue weighted by Crippen LogP contribution is 2.28. The summed E-state index contributed by atoms with van der Waals surface area (Å²) in [5.41, 5.74) is 1.17. The van der Waals surface area contributed by atoms with Crippen LogP contribution in [0, 0.1) is 17.8 Å². The number of aromatic nitrogens is 3. The highest BCUT2D eigenvalue weighted by atomic mass is 79.9. The quantitative estimate of drug-likeness (QED) is 0.271. The Morgan fingerprint density at radius 1 is 0.816 bits per heavy atom. The molecule has 0 spiro atoms. The van der Waals surface area contributed by atoms with Crippen molar-refractivity contribution in [1.82, 2.24) is 15.0 Å². The van der Waals surface area contributed by atoms with Gasteiger partial charge in [-0.3, -0.25) is 0 Å². The lowest BCUT2D eigenvalue weighted by molar-refractivity contribution is 0.0698. The van der Waals surface area contributed by atoms with Crippen molar-refractivity contribution >= 4 is 50.8 Å². The Balaban J connectivity index is 0.000000186. The Hall–Kier alpha value is -2.04. The fraction of sp³-hybridized carbons (Fsp3) is 0.444. The SMILES string of the molecule is Clc1ccc(NCC2CCOCC2)nc1Br.Fc1cc(-c2nc(NCC3CCOCC3)ccc2Cl)ccn1. The van der Waals surface area contributed by atoms with Crippen LogP contribution >= 0.6 is 39.1 Å². The first-order valence-corrected chi connectivity index (χ1v) is 14.3. The van der Waals surface area contributed by atoms with Gasteiger partial charge in [0, 0.05) is 57.3 Å². The van der Waals surface area contributed by atoms with E-state index in [1.54, 1.807) is 12.1 Å². The van der Waals surface area contributed by atoms with E-state index in [9.17, 15) is 4.39 Å². The van der Waals surface area contributed by atoms with Gasteiger partial charge in [0.15, 0.2) is 0 Å². The van der Waals surface area contributed by atoms with E-state index in [0.29, 0.717) is 37.7 Å². The van der Waals surface area contributed by atoms with Crippen molar-refractivity contribution in [3.05, 3.63) is 63.2 Å². The monoisotopic (exact) mass is 625 g/mol. The smallest absolute Gasteiger partial charge is 0.213 e. The molecule has 2 N–H and O–H groups in total. The third-order valence-corrected chi connectivity index (χ3v) is 7.92. The van der Waals surface area contributed by atoms with Crippen LogP contribution in [0.4, 0.5) is 16.0 Å². The maximum Gasteiger partial charge on any atom is 0.213 e. The van der Waals surface area contributed by atoms with E-state index in [-0.39, 0.29) is 0 Å². The molecule has 0 bridgehead atoms. The number of halogens is 4. The molecule has 2 aliphatic rings. The van der Waals surface area contributed by atoms with Crippen LogP contribution in [0.5, 0.6) is 0 Å². The van der Waals surface area contributed by atoms with Gasteiger partial charge in [-0.2, -0.15) is 4.39 Å². The van der Waals surface area contributed by atoms with Crippen LogP contribution in [0.2, 0.25) is 10.0 Å². The topological polar surface area (TPSA) is 81.2 Å². The van der Waals surface area contributed by atoms with Gasteiger partial charge in [0.1, 0.15) is 16.2 Å². The number of ether oxygens (including phenoxy) is 2. The molecule has 0 aromatic carbocycles. The van der Waals surface area contributed by atoms with Gasteiger partial charge in [-0.25, -0.2) is 15.0 Å². The van der Waals surface area contributed by atoms with Crippen molar-refractivity contribution in [1.29, 1.82) is 0 Å². The second-order valence-corrected chi connectivity index (χ2v) is 10.8. The summed E-state index contributed by atoms with van der Waals surface area (Å²) in [6.45, 7) is 5.20. The van der Waals surface area contributed by atoms with Gasteiger partial charge < -0.3 is 20.1 Å². The highest BCUT2D eigenvalue weighted by Gasteiger charge is 2.15. The van der Waals surface area contributed by atoms with Gasteiger partial charge in [-0.05, 0) is 83.8 Å². The van der Waals surface area contributed by atoms with Gasteiger partial charge in [0.2, 0.25) is 5.95 Å². The second-order valence-electron chi connectivity index (χ2n) is 9.24. The molecule has 0 unspecified atom stereocenters. The van der Waals surface area contributed by atoms with Gasteiger partial charge >= 0.3 is 0 Å². The zero-order valence-corrected chi connectivity index (χ0v) is 24.0. The maximum atomic E-state index is 13.3. The molecular formula is C27H31BrCl2FN5O2. The zero-order valence-electron chi connectivity index (χ0n) is 20.9. The largest absolute Gasteiger partial charge is 0.381 e. The molecule has 2 saturated heterocycles. The molecule has 0 atom stereocenters. The molecule has 204 valence electrons. The molecule has 3 aromatic rings. The third kappa shape index (κ3) is 9.02. The minimum atomic E-state index is -0.545. The van der Waals surface area contributed by atoms with Crippen LogP contribution < -0.4 is 10.6 Å². The summed E-state index contributed by atoms with van der Waals surface area (Å²) in [5, 5.41) is 7.78. The Morgan fingerprint density at radius 3 is 1.92 bits per heavy atom. The normalized spacial score (nSPS) is 16.4. The number of hydrogen-bond donors (Lipinski definition) is 2. The molecular weight excluding hydrogens is 596 g/mol. The van der Waals surface area contributed by atoms with Crippen LogP contribution in [0.3, 0.4) is 0 Å². The van der Waals surface area contributed by atoms with E-state index in [4.69, 9.17) is 32.7 Å². The van der Waals surface area contributed by atoms with E-state index in [0.717, 1.165) is 76.8 Å². The first-order chi connectivity index (χ1) is 18.5. The molecule has 0 amide bonds. The molecule has 11 heteroatoms. The molecule has 0 aliphatic carbocycles. The van der Waals surface area contributed by atoms with E-state index in [1.807, 2.05) is 18.2 Å². The predicted molar refractivity (Wildman–Crippen MR) is 153 cm³/mol. The summed E-state index contributed by atoms with van der Waals surface area (Å²) in [4.78, 5) is 12.3. The fourth-order valence-corrected chi connectivity index (χ4v) is 4.85.